The second-order valence-corrected chi connectivity index (χ2v) is 4.57. The molecule has 1 rings (SSSR count). The van der Waals surface area contributed by atoms with E-state index in [9.17, 15) is 0 Å². The molecular weight excluding hydrogens is 268 g/mol. The number of hydrogen-bond acceptors (Lipinski definition) is 5. The maximum atomic E-state index is 8.51. The summed E-state index contributed by atoms with van der Waals surface area (Å²) in [6.45, 7) is 4.27. The van der Waals surface area contributed by atoms with Crippen LogP contribution in [0.2, 0.25) is 0 Å². The molecule has 0 heterocycles. The van der Waals surface area contributed by atoms with Crippen molar-refractivity contribution in [2.75, 3.05) is 27.4 Å². The van der Waals surface area contributed by atoms with Crippen molar-refractivity contribution in [3.05, 3.63) is 17.7 Å². The molecule has 1 aromatic carbocycles. The Hall–Kier alpha value is -1.93. The van der Waals surface area contributed by atoms with Crippen molar-refractivity contribution < 1.29 is 14.2 Å². The van der Waals surface area contributed by atoms with E-state index in [1.54, 1.807) is 14.2 Å². The molecule has 0 radical (unpaired) electrons. The molecule has 0 amide bonds. The van der Waals surface area contributed by atoms with Crippen molar-refractivity contribution in [2.45, 2.75) is 32.7 Å². The van der Waals surface area contributed by atoms with Crippen LogP contribution in [-0.2, 0) is 6.54 Å². The number of unbranched alkanes of at least 4 members (excludes halogenated alkanes) is 2. The highest BCUT2D eigenvalue weighted by molar-refractivity contribution is 5.53. The minimum Gasteiger partial charge on any atom is -0.493 e. The van der Waals surface area contributed by atoms with Crippen molar-refractivity contribution in [1.29, 1.82) is 5.26 Å². The summed E-state index contributed by atoms with van der Waals surface area (Å²) in [4.78, 5) is 0. The monoisotopic (exact) mass is 292 g/mol. The first-order chi connectivity index (χ1) is 10.3. The third-order valence-electron chi connectivity index (χ3n) is 3.03. The third-order valence-corrected chi connectivity index (χ3v) is 3.03. The van der Waals surface area contributed by atoms with E-state index in [1.165, 1.54) is 0 Å². The first kappa shape index (κ1) is 17.1. The lowest BCUT2D eigenvalue weighted by Gasteiger charge is -2.16. The quantitative estimate of drug-likeness (QED) is 0.672. The highest BCUT2D eigenvalue weighted by atomic mass is 16.5. The molecule has 0 saturated carbocycles. The molecule has 1 aromatic rings. The molecule has 0 fully saturated rings. The van der Waals surface area contributed by atoms with Gasteiger partial charge in [-0.15, -0.1) is 0 Å². The highest BCUT2D eigenvalue weighted by Crippen LogP contribution is 2.38. The van der Waals surface area contributed by atoms with Crippen LogP contribution in [0.5, 0.6) is 17.2 Å². The Balaban J connectivity index is 2.78. The number of benzene rings is 1. The minimum atomic E-state index is 0.543. The Morgan fingerprint density at radius 3 is 2.33 bits per heavy atom. The number of methoxy groups -OCH3 is 2. The largest absolute Gasteiger partial charge is 0.493 e. The lowest BCUT2D eigenvalue weighted by atomic mass is 10.1. The van der Waals surface area contributed by atoms with Crippen LogP contribution in [0.15, 0.2) is 12.1 Å². The van der Waals surface area contributed by atoms with Gasteiger partial charge in [0.1, 0.15) is 0 Å². The van der Waals surface area contributed by atoms with Gasteiger partial charge in [-0.05, 0) is 37.1 Å². The third kappa shape index (κ3) is 5.52. The fourth-order valence-corrected chi connectivity index (χ4v) is 1.93. The molecule has 0 bridgehead atoms. The van der Waals surface area contributed by atoms with E-state index in [-0.39, 0.29) is 0 Å². The first-order valence-corrected chi connectivity index (χ1v) is 7.22. The van der Waals surface area contributed by atoms with Gasteiger partial charge in [0.15, 0.2) is 11.5 Å². The molecule has 116 valence electrons. The first-order valence-electron chi connectivity index (χ1n) is 7.22. The fourth-order valence-electron chi connectivity index (χ4n) is 1.93. The van der Waals surface area contributed by atoms with Crippen molar-refractivity contribution >= 4 is 0 Å². The average molecular weight is 292 g/mol. The van der Waals surface area contributed by atoms with E-state index in [2.05, 4.69) is 18.3 Å². The molecule has 5 heteroatoms. The maximum absolute atomic E-state index is 8.51. The zero-order chi connectivity index (χ0) is 15.5. The van der Waals surface area contributed by atoms with E-state index >= 15 is 0 Å². The van der Waals surface area contributed by atoms with Gasteiger partial charge < -0.3 is 19.5 Å². The summed E-state index contributed by atoms with van der Waals surface area (Å²) in [7, 11) is 3.24. The second kappa shape index (κ2) is 9.89. The van der Waals surface area contributed by atoms with E-state index < -0.39 is 0 Å². The standard InChI is InChI=1S/C16H24N2O3/c1-4-18-12-13-10-14(19-2)16(15(11-13)20-3)21-9-7-5-6-8-17/h10-11,18H,4-7,9,12H2,1-3H3. The summed E-state index contributed by atoms with van der Waals surface area (Å²) in [5.41, 5.74) is 1.09. The van der Waals surface area contributed by atoms with Crippen LogP contribution in [0.3, 0.4) is 0 Å². The smallest absolute Gasteiger partial charge is 0.203 e. The Morgan fingerprint density at radius 1 is 1.14 bits per heavy atom. The highest BCUT2D eigenvalue weighted by Gasteiger charge is 2.14. The van der Waals surface area contributed by atoms with Crippen molar-refractivity contribution in [2.24, 2.45) is 0 Å². The molecule has 0 unspecified atom stereocenters. The van der Waals surface area contributed by atoms with Gasteiger partial charge >= 0.3 is 0 Å². The topological polar surface area (TPSA) is 63.5 Å². The molecule has 0 aliphatic carbocycles. The Labute approximate surface area is 126 Å². The van der Waals surface area contributed by atoms with Crippen molar-refractivity contribution in [3.8, 4) is 23.3 Å². The lowest BCUT2D eigenvalue weighted by Crippen LogP contribution is -2.12. The molecule has 0 spiro atoms. The van der Waals surface area contributed by atoms with Crippen LogP contribution < -0.4 is 19.5 Å². The van der Waals surface area contributed by atoms with E-state index in [1.807, 2.05) is 12.1 Å². The molecule has 21 heavy (non-hydrogen) atoms. The molecule has 5 nitrogen and oxygen atoms in total. The minimum absolute atomic E-state index is 0.543. The summed E-state index contributed by atoms with van der Waals surface area (Å²) in [6.07, 6.45) is 2.22. The maximum Gasteiger partial charge on any atom is 0.203 e. The number of nitriles is 1. The Morgan fingerprint density at radius 2 is 1.81 bits per heavy atom. The summed E-state index contributed by atoms with van der Waals surface area (Å²) in [5, 5.41) is 11.8. The van der Waals surface area contributed by atoms with Gasteiger partial charge in [-0.1, -0.05) is 6.92 Å². The molecular formula is C16H24N2O3. The number of nitrogens with one attached hydrogen (secondary N) is 1. The molecule has 0 saturated heterocycles. The summed E-state index contributed by atoms with van der Waals surface area (Å²) in [5.74, 6) is 1.96. The molecule has 0 aromatic heterocycles. The number of nitrogens with zero attached hydrogens (tertiary/aromatic N) is 1. The number of rotatable bonds is 10. The van der Waals surface area contributed by atoms with Crippen LogP contribution >= 0.6 is 0 Å². The van der Waals surface area contributed by atoms with E-state index in [4.69, 9.17) is 19.5 Å². The van der Waals surface area contributed by atoms with Gasteiger partial charge in [0.2, 0.25) is 5.75 Å². The summed E-state index contributed by atoms with van der Waals surface area (Å²) >= 11 is 0. The van der Waals surface area contributed by atoms with Gasteiger partial charge in [0.05, 0.1) is 26.9 Å². The summed E-state index contributed by atoms with van der Waals surface area (Å²) < 4.78 is 16.6. The average Bonchev–Trinajstić information content (AvgIpc) is 2.52. The van der Waals surface area contributed by atoms with Crippen molar-refractivity contribution in [3.63, 3.8) is 0 Å². The normalized spacial score (nSPS) is 10.0. The predicted molar refractivity (Wildman–Crippen MR) is 81.9 cm³/mol. The molecule has 1 N–H and O–H groups in total. The van der Waals surface area contributed by atoms with Crippen LogP contribution in [0, 0.1) is 11.3 Å². The van der Waals surface area contributed by atoms with E-state index in [0.717, 1.165) is 31.5 Å². The SMILES string of the molecule is CCNCc1cc(OC)c(OCCCCC#N)c(OC)c1. The van der Waals surface area contributed by atoms with Gasteiger partial charge in [-0.3, -0.25) is 0 Å². The van der Waals surface area contributed by atoms with Gasteiger partial charge in [0, 0.05) is 13.0 Å². The second-order valence-electron chi connectivity index (χ2n) is 4.57. The Bertz CT molecular complexity index is 444. The van der Waals surface area contributed by atoms with E-state index in [0.29, 0.717) is 30.3 Å². The van der Waals surface area contributed by atoms with Gasteiger partial charge in [-0.25, -0.2) is 0 Å². The van der Waals surface area contributed by atoms with Gasteiger partial charge in [0.25, 0.3) is 0 Å². The zero-order valence-corrected chi connectivity index (χ0v) is 13.1. The number of ether oxygens (including phenoxy) is 3. The molecule has 0 aliphatic heterocycles. The van der Waals surface area contributed by atoms with Crippen LogP contribution in [0.25, 0.3) is 0 Å². The zero-order valence-electron chi connectivity index (χ0n) is 13.1. The van der Waals surface area contributed by atoms with Crippen LogP contribution in [0.4, 0.5) is 0 Å². The summed E-state index contributed by atoms with van der Waals surface area (Å²) in [6, 6.07) is 6.03. The Kier molecular flexibility index (Phi) is 8.07. The molecule has 0 atom stereocenters. The fraction of sp³-hybridized carbons (Fsp3) is 0.562. The molecule has 0 aliphatic rings. The van der Waals surface area contributed by atoms with Crippen LogP contribution in [0.1, 0.15) is 31.7 Å². The van der Waals surface area contributed by atoms with Crippen LogP contribution in [-0.4, -0.2) is 27.4 Å². The predicted octanol–water partition coefficient (Wildman–Crippen LogP) is 2.89. The van der Waals surface area contributed by atoms with Crippen molar-refractivity contribution in [1.82, 2.24) is 5.32 Å². The lowest BCUT2D eigenvalue weighted by molar-refractivity contribution is 0.268. The van der Waals surface area contributed by atoms with Gasteiger partial charge in [-0.2, -0.15) is 5.26 Å². The number of hydrogen-bond donors (Lipinski definition) is 1.